The van der Waals surface area contributed by atoms with Crippen LogP contribution >= 0.6 is 11.6 Å². The van der Waals surface area contributed by atoms with E-state index < -0.39 is 0 Å². The maximum atomic E-state index is 12.1. The second-order valence-corrected chi connectivity index (χ2v) is 5.40. The predicted octanol–water partition coefficient (Wildman–Crippen LogP) is 4.82. The first-order valence-corrected chi connectivity index (χ1v) is 7.61. The van der Waals surface area contributed by atoms with Crippen molar-refractivity contribution in [2.75, 3.05) is 0 Å². The van der Waals surface area contributed by atoms with Crippen LogP contribution < -0.4 is 5.32 Å². The first kappa shape index (κ1) is 16.0. The van der Waals surface area contributed by atoms with Crippen LogP contribution in [-0.4, -0.2) is 11.9 Å². The number of unbranched alkanes of at least 4 members (excludes halogenated alkanes) is 2. The van der Waals surface area contributed by atoms with Crippen LogP contribution in [0.2, 0.25) is 5.02 Å². The van der Waals surface area contributed by atoms with Gasteiger partial charge in [0.1, 0.15) is 0 Å². The molecule has 0 aromatic heterocycles. The zero-order valence-corrected chi connectivity index (χ0v) is 12.7. The Morgan fingerprint density at radius 3 is 2.11 bits per heavy atom. The van der Waals surface area contributed by atoms with Crippen molar-refractivity contribution in [1.29, 1.82) is 0 Å². The molecule has 0 heterocycles. The Morgan fingerprint density at radius 2 is 1.63 bits per heavy atom. The van der Waals surface area contributed by atoms with Crippen molar-refractivity contribution in [2.45, 2.75) is 58.4 Å². The van der Waals surface area contributed by atoms with Crippen LogP contribution in [0.15, 0.2) is 24.3 Å². The van der Waals surface area contributed by atoms with Gasteiger partial charge >= 0.3 is 0 Å². The summed E-state index contributed by atoms with van der Waals surface area (Å²) in [6.07, 6.45) is 6.79. The molecule has 1 aromatic rings. The van der Waals surface area contributed by atoms with E-state index in [2.05, 4.69) is 19.2 Å². The molecule has 1 N–H and O–H groups in total. The minimum absolute atomic E-state index is 0.00822. The van der Waals surface area contributed by atoms with Crippen molar-refractivity contribution in [3.8, 4) is 0 Å². The minimum Gasteiger partial charge on any atom is -0.349 e. The van der Waals surface area contributed by atoms with E-state index >= 15 is 0 Å². The number of rotatable bonds is 8. The highest BCUT2D eigenvalue weighted by molar-refractivity contribution is 6.30. The van der Waals surface area contributed by atoms with Crippen LogP contribution in [0.1, 0.15) is 62.7 Å². The Balaban J connectivity index is 2.56. The van der Waals surface area contributed by atoms with Crippen molar-refractivity contribution in [3.05, 3.63) is 34.9 Å². The molecule has 0 unspecified atom stereocenters. The number of carbonyl (C=O) groups is 1. The fourth-order valence-corrected chi connectivity index (χ4v) is 2.19. The van der Waals surface area contributed by atoms with Gasteiger partial charge in [-0.2, -0.15) is 0 Å². The lowest BCUT2D eigenvalue weighted by atomic mass is 10.0. The summed E-state index contributed by atoms with van der Waals surface area (Å²) in [5, 5.41) is 3.80. The fraction of sp³-hybridized carbons (Fsp3) is 0.562. The third kappa shape index (κ3) is 6.11. The maximum absolute atomic E-state index is 12.1. The molecule has 2 nitrogen and oxygen atoms in total. The van der Waals surface area contributed by atoms with Crippen LogP contribution in [0.25, 0.3) is 0 Å². The molecule has 0 fully saturated rings. The van der Waals surface area contributed by atoms with Gasteiger partial charge in [-0.05, 0) is 37.1 Å². The summed E-state index contributed by atoms with van der Waals surface area (Å²) in [6.45, 7) is 4.36. The van der Waals surface area contributed by atoms with Gasteiger partial charge in [0.15, 0.2) is 0 Å². The lowest BCUT2D eigenvalue weighted by Gasteiger charge is -2.18. The highest BCUT2D eigenvalue weighted by Gasteiger charge is 2.12. The molecule has 0 atom stereocenters. The van der Waals surface area contributed by atoms with Crippen LogP contribution in [-0.2, 0) is 0 Å². The second kappa shape index (κ2) is 8.98. The highest BCUT2D eigenvalue weighted by Crippen LogP contribution is 2.12. The Labute approximate surface area is 121 Å². The van der Waals surface area contributed by atoms with Crippen molar-refractivity contribution in [3.63, 3.8) is 0 Å². The molecule has 0 saturated heterocycles. The number of nitrogens with one attached hydrogen (secondary N) is 1. The smallest absolute Gasteiger partial charge is 0.251 e. The predicted molar refractivity (Wildman–Crippen MR) is 81.8 cm³/mol. The molecule has 1 aromatic carbocycles. The number of hydrogen-bond acceptors (Lipinski definition) is 1. The SMILES string of the molecule is CCCCC(CCCC)NC(=O)c1ccc(Cl)cc1. The van der Waals surface area contributed by atoms with E-state index in [0.29, 0.717) is 16.6 Å². The molecule has 106 valence electrons. The van der Waals surface area contributed by atoms with E-state index in [4.69, 9.17) is 11.6 Å². The molecule has 0 aliphatic rings. The maximum Gasteiger partial charge on any atom is 0.251 e. The Bertz CT molecular complexity index is 367. The Kier molecular flexibility index (Phi) is 7.57. The average Bonchev–Trinajstić information content (AvgIpc) is 2.42. The molecule has 3 heteroatoms. The van der Waals surface area contributed by atoms with Gasteiger partial charge in [0.2, 0.25) is 0 Å². The molecule has 19 heavy (non-hydrogen) atoms. The summed E-state index contributed by atoms with van der Waals surface area (Å²) in [4.78, 5) is 12.1. The standard InChI is InChI=1S/C16H24ClNO/c1-3-5-7-15(8-6-4-2)18-16(19)13-9-11-14(17)12-10-13/h9-12,15H,3-8H2,1-2H3,(H,18,19). The molecular weight excluding hydrogens is 258 g/mol. The molecule has 0 radical (unpaired) electrons. The van der Waals surface area contributed by atoms with E-state index in [0.717, 1.165) is 25.7 Å². The van der Waals surface area contributed by atoms with Crippen molar-refractivity contribution in [1.82, 2.24) is 5.32 Å². The summed E-state index contributed by atoms with van der Waals surface area (Å²) >= 11 is 5.83. The van der Waals surface area contributed by atoms with Gasteiger partial charge in [-0.3, -0.25) is 4.79 Å². The number of amides is 1. The Morgan fingerprint density at radius 1 is 1.11 bits per heavy atom. The van der Waals surface area contributed by atoms with Crippen LogP contribution in [0.3, 0.4) is 0 Å². The van der Waals surface area contributed by atoms with E-state index in [9.17, 15) is 4.79 Å². The number of carbonyl (C=O) groups excluding carboxylic acids is 1. The van der Waals surface area contributed by atoms with Crippen molar-refractivity contribution < 1.29 is 4.79 Å². The molecule has 0 spiro atoms. The molecule has 0 bridgehead atoms. The fourth-order valence-electron chi connectivity index (χ4n) is 2.06. The van der Waals surface area contributed by atoms with Gasteiger partial charge in [-0.25, -0.2) is 0 Å². The van der Waals surface area contributed by atoms with Gasteiger partial charge in [0.25, 0.3) is 5.91 Å². The lowest BCUT2D eigenvalue weighted by molar-refractivity contribution is 0.0931. The first-order valence-electron chi connectivity index (χ1n) is 7.23. The lowest BCUT2D eigenvalue weighted by Crippen LogP contribution is -2.34. The zero-order chi connectivity index (χ0) is 14.1. The number of halogens is 1. The first-order chi connectivity index (χ1) is 9.17. The Hall–Kier alpha value is -1.02. The molecule has 0 aliphatic heterocycles. The zero-order valence-electron chi connectivity index (χ0n) is 11.9. The van der Waals surface area contributed by atoms with E-state index in [-0.39, 0.29) is 5.91 Å². The number of benzene rings is 1. The summed E-state index contributed by atoms with van der Waals surface area (Å²) in [6, 6.07) is 7.35. The van der Waals surface area contributed by atoms with Crippen LogP contribution in [0.4, 0.5) is 0 Å². The van der Waals surface area contributed by atoms with Gasteiger partial charge in [0, 0.05) is 16.6 Å². The summed E-state index contributed by atoms with van der Waals surface area (Å²) < 4.78 is 0. The molecular formula is C16H24ClNO. The van der Waals surface area contributed by atoms with E-state index in [1.54, 1.807) is 24.3 Å². The van der Waals surface area contributed by atoms with Gasteiger partial charge < -0.3 is 5.32 Å². The minimum atomic E-state index is 0.00822. The van der Waals surface area contributed by atoms with Crippen molar-refractivity contribution in [2.24, 2.45) is 0 Å². The topological polar surface area (TPSA) is 29.1 Å². The van der Waals surface area contributed by atoms with E-state index in [1.165, 1.54) is 12.8 Å². The summed E-state index contributed by atoms with van der Waals surface area (Å²) in [5.74, 6) is 0.00822. The molecule has 1 rings (SSSR count). The van der Waals surface area contributed by atoms with Crippen LogP contribution in [0, 0.1) is 0 Å². The molecule has 0 saturated carbocycles. The number of hydrogen-bond donors (Lipinski definition) is 1. The largest absolute Gasteiger partial charge is 0.349 e. The second-order valence-electron chi connectivity index (χ2n) is 4.96. The summed E-state index contributed by atoms with van der Waals surface area (Å²) in [7, 11) is 0. The summed E-state index contributed by atoms with van der Waals surface area (Å²) in [5.41, 5.74) is 0.683. The van der Waals surface area contributed by atoms with Gasteiger partial charge in [0.05, 0.1) is 0 Å². The quantitative estimate of drug-likeness (QED) is 0.727. The normalized spacial score (nSPS) is 10.7. The van der Waals surface area contributed by atoms with Crippen molar-refractivity contribution >= 4 is 17.5 Å². The highest BCUT2D eigenvalue weighted by atomic mass is 35.5. The average molecular weight is 282 g/mol. The monoisotopic (exact) mass is 281 g/mol. The molecule has 1 amide bonds. The van der Waals surface area contributed by atoms with E-state index in [1.807, 2.05) is 0 Å². The van der Waals surface area contributed by atoms with Crippen LogP contribution in [0.5, 0.6) is 0 Å². The third-order valence-electron chi connectivity index (χ3n) is 3.25. The molecule has 0 aliphatic carbocycles. The van der Waals surface area contributed by atoms with Gasteiger partial charge in [-0.1, -0.05) is 51.1 Å². The van der Waals surface area contributed by atoms with Gasteiger partial charge in [-0.15, -0.1) is 0 Å². The third-order valence-corrected chi connectivity index (χ3v) is 3.51.